The van der Waals surface area contributed by atoms with Crippen molar-refractivity contribution in [1.29, 1.82) is 0 Å². The fourth-order valence-electron chi connectivity index (χ4n) is 3.14. The van der Waals surface area contributed by atoms with Gasteiger partial charge in [0.05, 0.1) is 18.6 Å². The molecule has 5 nitrogen and oxygen atoms in total. The Labute approximate surface area is 121 Å². The smallest absolute Gasteiger partial charge is 0.227 e. The number of likely N-dealkylation sites (tertiary alicyclic amines) is 2. The van der Waals surface area contributed by atoms with Gasteiger partial charge in [-0.3, -0.25) is 9.59 Å². The minimum absolute atomic E-state index is 0.0479. The number of methoxy groups -OCH3 is 1. The zero-order valence-electron chi connectivity index (χ0n) is 12.8. The van der Waals surface area contributed by atoms with Crippen LogP contribution in [-0.2, 0) is 14.3 Å². The van der Waals surface area contributed by atoms with Crippen molar-refractivity contribution in [2.45, 2.75) is 39.2 Å². The molecule has 2 saturated heterocycles. The number of piperidine rings is 1. The van der Waals surface area contributed by atoms with Gasteiger partial charge >= 0.3 is 0 Å². The molecule has 0 aromatic rings. The van der Waals surface area contributed by atoms with Crippen molar-refractivity contribution in [1.82, 2.24) is 9.80 Å². The Morgan fingerprint density at radius 3 is 2.65 bits per heavy atom. The molecule has 0 N–H and O–H groups in total. The van der Waals surface area contributed by atoms with Gasteiger partial charge in [-0.15, -0.1) is 0 Å². The van der Waals surface area contributed by atoms with E-state index in [-0.39, 0.29) is 23.8 Å². The van der Waals surface area contributed by atoms with Crippen LogP contribution >= 0.6 is 0 Å². The van der Waals surface area contributed by atoms with Crippen molar-refractivity contribution >= 4 is 11.8 Å². The number of carbonyl (C=O) groups excluding carboxylic acids is 2. The Morgan fingerprint density at radius 1 is 1.40 bits per heavy atom. The monoisotopic (exact) mass is 282 g/mol. The molecule has 0 saturated carbocycles. The van der Waals surface area contributed by atoms with Gasteiger partial charge in [0.2, 0.25) is 11.8 Å². The average Bonchev–Trinajstić information content (AvgIpc) is 2.81. The number of rotatable bonds is 4. The molecule has 0 aliphatic carbocycles. The summed E-state index contributed by atoms with van der Waals surface area (Å²) in [4.78, 5) is 28.3. The van der Waals surface area contributed by atoms with E-state index in [0.717, 1.165) is 25.9 Å². The van der Waals surface area contributed by atoms with Crippen LogP contribution in [0.25, 0.3) is 0 Å². The lowest BCUT2D eigenvalue weighted by molar-refractivity contribution is -0.137. The van der Waals surface area contributed by atoms with Gasteiger partial charge < -0.3 is 14.5 Å². The van der Waals surface area contributed by atoms with Gasteiger partial charge in [-0.2, -0.15) is 0 Å². The molecule has 0 spiro atoms. The van der Waals surface area contributed by atoms with Crippen LogP contribution in [0.3, 0.4) is 0 Å². The Kier molecular flexibility index (Phi) is 5.02. The van der Waals surface area contributed by atoms with E-state index in [1.807, 2.05) is 11.8 Å². The summed E-state index contributed by atoms with van der Waals surface area (Å²) in [6.45, 7) is 6.96. The zero-order chi connectivity index (χ0) is 14.7. The van der Waals surface area contributed by atoms with E-state index < -0.39 is 0 Å². The first kappa shape index (κ1) is 15.3. The number of carbonyl (C=O) groups is 2. The molecule has 2 aliphatic heterocycles. The van der Waals surface area contributed by atoms with E-state index in [0.29, 0.717) is 25.5 Å². The zero-order valence-corrected chi connectivity index (χ0v) is 12.8. The third-order valence-corrected chi connectivity index (χ3v) is 4.54. The molecule has 2 fully saturated rings. The Balaban J connectivity index is 1.91. The Bertz CT molecular complexity index is 364. The minimum Gasteiger partial charge on any atom is -0.383 e. The average molecular weight is 282 g/mol. The highest BCUT2D eigenvalue weighted by molar-refractivity contribution is 5.89. The van der Waals surface area contributed by atoms with Gasteiger partial charge in [-0.1, -0.05) is 6.92 Å². The Hall–Kier alpha value is -1.10. The van der Waals surface area contributed by atoms with Crippen LogP contribution in [-0.4, -0.2) is 61.0 Å². The summed E-state index contributed by atoms with van der Waals surface area (Å²) in [6, 6.07) is 0.0479. The third kappa shape index (κ3) is 3.32. The summed E-state index contributed by atoms with van der Waals surface area (Å²) < 4.78 is 5.10. The van der Waals surface area contributed by atoms with Crippen LogP contribution in [0, 0.1) is 11.8 Å². The molecule has 0 radical (unpaired) electrons. The molecule has 2 heterocycles. The van der Waals surface area contributed by atoms with Gasteiger partial charge in [0.25, 0.3) is 0 Å². The first-order chi connectivity index (χ1) is 9.52. The van der Waals surface area contributed by atoms with E-state index in [1.54, 1.807) is 12.0 Å². The maximum absolute atomic E-state index is 12.5. The highest BCUT2D eigenvalue weighted by Crippen LogP contribution is 2.25. The van der Waals surface area contributed by atoms with Gasteiger partial charge in [0.15, 0.2) is 0 Å². The SMILES string of the molecule is COC[C@@H](C)N1C[C@@H](C(=O)N2CCC(C)CC2)CC1=O. The summed E-state index contributed by atoms with van der Waals surface area (Å²) in [5.74, 6) is 0.799. The summed E-state index contributed by atoms with van der Waals surface area (Å²) in [5, 5.41) is 0. The van der Waals surface area contributed by atoms with Crippen molar-refractivity contribution in [3.63, 3.8) is 0 Å². The molecule has 2 amide bonds. The van der Waals surface area contributed by atoms with E-state index in [4.69, 9.17) is 4.74 Å². The first-order valence-electron chi connectivity index (χ1n) is 7.60. The summed E-state index contributed by atoms with van der Waals surface area (Å²) in [7, 11) is 1.63. The molecule has 0 aromatic heterocycles. The molecule has 2 atom stereocenters. The molecule has 114 valence electrons. The van der Waals surface area contributed by atoms with Crippen molar-refractivity contribution < 1.29 is 14.3 Å². The van der Waals surface area contributed by atoms with Crippen molar-refractivity contribution in [3.8, 4) is 0 Å². The van der Waals surface area contributed by atoms with E-state index in [2.05, 4.69) is 6.92 Å². The fourth-order valence-corrected chi connectivity index (χ4v) is 3.14. The quantitative estimate of drug-likeness (QED) is 0.776. The van der Waals surface area contributed by atoms with E-state index in [1.165, 1.54) is 0 Å². The largest absolute Gasteiger partial charge is 0.383 e. The van der Waals surface area contributed by atoms with E-state index in [9.17, 15) is 9.59 Å². The van der Waals surface area contributed by atoms with Crippen LogP contribution in [0.4, 0.5) is 0 Å². The van der Waals surface area contributed by atoms with E-state index >= 15 is 0 Å². The number of nitrogens with zero attached hydrogens (tertiary/aromatic N) is 2. The number of amides is 2. The normalized spacial score (nSPS) is 26.1. The van der Waals surface area contributed by atoms with Crippen LogP contribution in [0.5, 0.6) is 0 Å². The molecule has 5 heteroatoms. The van der Waals surface area contributed by atoms with Crippen molar-refractivity contribution in [3.05, 3.63) is 0 Å². The van der Waals surface area contributed by atoms with Gasteiger partial charge in [-0.05, 0) is 25.7 Å². The molecule has 0 unspecified atom stereocenters. The predicted octanol–water partition coefficient (Wildman–Crippen LogP) is 1.13. The minimum atomic E-state index is -0.157. The highest BCUT2D eigenvalue weighted by atomic mass is 16.5. The standard InChI is InChI=1S/C15H26N2O3/c1-11-4-6-16(7-5-11)15(19)13-8-14(18)17(9-13)12(2)10-20-3/h11-13H,4-10H2,1-3H3/t12-,13+/m1/s1. The second-order valence-electron chi connectivity index (χ2n) is 6.26. The number of hydrogen-bond acceptors (Lipinski definition) is 3. The van der Waals surface area contributed by atoms with Crippen molar-refractivity contribution in [2.24, 2.45) is 11.8 Å². The van der Waals surface area contributed by atoms with Crippen molar-refractivity contribution in [2.75, 3.05) is 33.4 Å². The predicted molar refractivity (Wildman–Crippen MR) is 76.1 cm³/mol. The first-order valence-corrected chi connectivity index (χ1v) is 7.60. The molecule has 0 aromatic carbocycles. The van der Waals surface area contributed by atoms with Crippen LogP contribution in [0.15, 0.2) is 0 Å². The fraction of sp³-hybridized carbons (Fsp3) is 0.867. The molecule has 2 aliphatic rings. The lowest BCUT2D eigenvalue weighted by atomic mass is 9.97. The van der Waals surface area contributed by atoms with Gasteiger partial charge in [0.1, 0.15) is 0 Å². The summed E-state index contributed by atoms with van der Waals surface area (Å²) in [5.41, 5.74) is 0. The van der Waals surface area contributed by atoms with Crippen LogP contribution in [0.1, 0.15) is 33.1 Å². The summed E-state index contributed by atoms with van der Waals surface area (Å²) >= 11 is 0. The molecule has 2 rings (SSSR count). The lowest BCUT2D eigenvalue weighted by Crippen LogP contribution is -2.43. The lowest BCUT2D eigenvalue weighted by Gasteiger charge is -2.32. The molecular weight excluding hydrogens is 256 g/mol. The highest BCUT2D eigenvalue weighted by Gasteiger charge is 2.38. The number of hydrogen-bond donors (Lipinski definition) is 0. The maximum Gasteiger partial charge on any atom is 0.227 e. The second-order valence-corrected chi connectivity index (χ2v) is 6.26. The maximum atomic E-state index is 12.5. The van der Waals surface area contributed by atoms with Gasteiger partial charge in [0, 0.05) is 33.2 Å². The van der Waals surface area contributed by atoms with Crippen LogP contribution < -0.4 is 0 Å². The molecule has 0 bridgehead atoms. The third-order valence-electron chi connectivity index (χ3n) is 4.54. The van der Waals surface area contributed by atoms with Gasteiger partial charge in [-0.25, -0.2) is 0 Å². The number of ether oxygens (including phenoxy) is 1. The Morgan fingerprint density at radius 2 is 2.05 bits per heavy atom. The molecule has 20 heavy (non-hydrogen) atoms. The topological polar surface area (TPSA) is 49.9 Å². The second kappa shape index (κ2) is 6.57. The molecular formula is C15H26N2O3. The summed E-state index contributed by atoms with van der Waals surface area (Å²) in [6.07, 6.45) is 2.52. The van der Waals surface area contributed by atoms with Crippen LogP contribution in [0.2, 0.25) is 0 Å².